The van der Waals surface area contributed by atoms with Gasteiger partial charge in [0.2, 0.25) is 5.91 Å². The van der Waals surface area contributed by atoms with Gasteiger partial charge in [0.25, 0.3) is 5.91 Å². The van der Waals surface area contributed by atoms with Crippen molar-refractivity contribution in [2.45, 2.75) is 25.9 Å². The molecule has 0 aliphatic carbocycles. The Bertz CT molecular complexity index is 630. The molecule has 1 unspecified atom stereocenters. The maximum absolute atomic E-state index is 12.2. The van der Waals surface area contributed by atoms with Crippen molar-refractivity contribution in [2.75, 3.05) is 24.1 Å². The normalized spacial score (nSPS) is 16.5. The van der Waals surface area contributed by atoms with E-state index in [0.29, 0.717) is 17.1 Å². The van der Waals surface area contributed by atoms with Crippen molar-refractivity contribution in [1.29, 1.82) is 0 Å². The number of amides is 2. The van der Waals surface area contributed by atoms with Crippen molar-refractivity contribution in [3.05, 3.63) is 18.2 Å². The number of carbonyl (C=O) groups excluding carboxylic acids is 2. The van der Waals surface area contributed by atoms with Crippen LogP contribution in [0, 0.1) is 0 Å². The first kappa shape index (κ1) is 16.8. The quantitative estimate of drug-likeness (QED) is 0.815. The lowest BCUT2D eigenvalue weighted by atomic mass is 10.1. The summed E-state index contributed by atoms with van der Waals surface area (Å²) in [7, 11) is 1.48. The fourth-order valence-corrected chi connectivity index (χ4v) is 2.19. The van der Waals surface area contributed by atoms with E-state index >= 15 is 0 Å². The van der Waals surface area contributed by atoms with Crippen molar-refractivity contribution in [2.24, 2.45) is 0 Å². The average molecular weight is 322 g/mol. The first-order valence-corrected chi connectivity index (χ1v) is 7.05. The number of carbonyl (C=O) groups is 3. The Labute approximate surface area is 133 Å². The SMILES string of the molecule is COCN1C(=O)C(C)Oc2ccc(NC(=O)CCC(=O)O)cc21. The van der Waals surface area contributed by atoms with Crippen LogP contribution in [-0.4, -0.2) is 42.8 Å². The summed E-state index contributed by atoms with van der Waals surface area (Å²) >= 11 is 0. The van der Waals surface area contributed by atoms with Crippen LogP contribution in [-0.2, 0) is 19.1 Å². The molecule has 0 radical (unpaired) electrons. The van der Waals surface area contributed by atoms with Crippen LogP contribution in [0.25, 0.3) is 0 Å². The fourth-order valence-electron chi connectivity index (χ4n) is 2.19. The lowest BCUT2D eigenvalue weighted by Gasteiger charge is -2.32. The minimum Gasteiger partial charge on any atom is -0.481 e. The Morgan fingerprint density at radius 3 is 2.78 bits per heavy atom. The van der Waals surface area contributed by atoms with Gasteiger partial charge in [0.15, 0.2) is 6.10 Å². The molecule has 1 aliphatic heterocycles. The Morgan fingerprint density at radius 2 is 2.13 bits per heavy atom. The van der Waals surface area contributed by atoms with Gasteiger partial charge in [-0.05, 0) is 25.1 Å². The number of anilines is 2. The zero-order chi connectivity index (χ0) is 17.0. The molecule has 8 nitrogen and oxygen atoms in total. The summed E-state index contributed by atoms with van der Waals surface area (Å²) in [5.74, 6) is -1.18. The van der Waals surface area contributed by atoms with E-state index in [1.54, 1.807) is 25.1 Å². The summed E-state index contributed by atoms with van der Waals surface area (Å²) < 4.78 is 10.6. The monoisotopic (exact) mass is 322 g/mol. The molecular weight excluding hydrogens is 304 g/mol. The van der Waals surface area contributed by atoms with Gasteiger partial charge in [0.05, 0.1) is 12.1 Å². The molecule has 2 N–H and O–H groups in total. The molecule has 23 heavy (non-hydrogen) atoms. The Morgan fingerprint density at radius 1 is 1.39 bits per heavy atom. The third-order valence-electron chi connectivity index (χ3n) is 3.28. The second-order valence-corrected chi connectivity index (χ2v) is 5.07. The molecule has 1 atom stereocenters. The second-order valence-electron chi connectivity index (χ2n) is 5.07. The summed E-state index contributed by atoms with van der Waals surface area (Å²) in [4.78, 5) is 35.8. The molecule has 2 amide bonds. The van der Waals surface area contributed by atoms with Gasteiger partial charge in [0.1, 0.15) is 12.5 Å². The van der Waals surface area contributed by atoms with Gasteiger partial charge in [-0.2, -0.15) is 0 Å². The molecule has 1 heterocycles. The largest absolute Gasteiger partial charge is 0.481 e. The number of methoxy groups -OCH3 is 1. The van der Waals surface area contributed by atoms with E-state index in [4.69, 9.17) is 14.6 Å². The maximum atomic E-state index is 12.2. The third kappa shape index (κ3) is 3.98. The van der Waals surface area contributed by atoms with Gasteiger partial charge in [0, 0.05) is 19.2 Å². The molecule has 0 aromatic heterocycles. The zero-order valence-electron chi connectivity index (χ0n) is 12.9. The van der Waals surface area contributed by atoms with Gasteiger partial charge in [-0.15, -0.1) is 0 Å². The number of hydrogen-bond donors (Lipinski definition) is 2. The second kappa shape index (κ2) is 7.10. The number of carboxylic acid groups (broad SMARTS) is 1. The molecule has 1 aromatic carbocycles. The summed E-state index contributed by atoms with van der Waals surface area (Å²) in [5, 5.41) is 11.2. The van der Waals surface area contributed by atoms with Crippen molar-refractivity contribution >= 4 is 29.2 Å². The third-order valence-corrected chi connectivity index (χ3v) is 3.28. The van der Waals surface area contributed by atoms with E-state index in [2.05, 4.69) is 5.32 Å². The van der Waals surface area contributed by atoms with Gasteiger partial charge in [-0.1, -0.05) is 0 Å². The number of hydrogen-bond acceptors (Lipinski definition) is 5. The van der Waals surface area contributed by atoms with Crippen LogP contribution in [0.2, 0.25) is 0 Å². The zero-order valence-corrected chi connectivity index (χ0v) is 12.9. The molecule has 0 fully saturated rings. The van der Waals surface area contributed by atoms with Crippen LogP contribution in [0.4, 0.5) is 11.4 Å². The first-order chi connectivity index (χ1) is 10.9. The number of benzene rings is 1. The molecular formula is C15H18N2O6. The van der Waals surface area contributed by atoms with Gasteiger partial charge in [-0.25, -0.2) is 0 Å². The minimum atomic E-state index is -1.04. The first-order valence-electron chi connectivity index (χ1n) is 7.05. The van der Waals surface area contributed by atoms with Gasteiger partial charge < -0.3 is 19.9 Å². The number of nitrogens with zero attached hydrogens (tertiary/aromatic N) is 1. The smallest absolute Gasteiger partial charge is 0.303 e. The van der Waals surface area contributed by atoms with Crippen LogP contribution in [0.3, 0.4) is 0 Å². The number of rotatable bonds is 6. The summed E-state index contributed by atoms with van der Waals surface area (Å²) in [6.45, 7) is 1.71. The van der Waals surface area contributed by atoms with E-state index in [0.717, 1.165) is 0 Å². The molecule has 0 spiro atoms. The van der Waals surface area contributed by atoms with E-state index < -0.39 is 18.0 Å². The molecule has 8 heteroatoms. The van der Waals surface area contributed by atoms with Crippen molar-refractivity contribution in [3.8, 4) is 5.75 Å². The lowest BCUT2D eigenvalue weighted by Crippen LogP contribution is -2.45. The number of carboxylic acids is 1. The highest BCUT2D eigenvalue weighted by atomic mass is 16.5. The van der Waals surface area contributed by atoms with Crippen LogP contribution < -0.4 is 15.0 Å². The van der Waals surface area contributed by atoms with Crippen LogP contribution in [0.1, 0.15) is 19.8 Å². The molecule has 1 aliphatic rings. The van der Waals surface area contributed by atoms with E-state index in [1.165, 1.54) is 12.0 Å². The van der Waals surface area contributed by atoms with Crippen LogP contribution in [0.15, 0.2) is 18.2 Å². The van der Waals surface area contributed by atoms with Crippen molar-refractivity contribution < 1.29 is 29.0 Å². The highest BCUT2D eigenvalue weighted by Gasteiger charge is 2.31. The molecule has 1 aromatic rings. The number of fused-ring (bicyclic) bond motifs is 1. The molecule has 124 valence electrons. The summed E-state index contributed by atoms with van der Waals surface area (Å²) in [6.07, 6.45) is -0.986. The molecule has 2 rings (SSSR count). The number of nitrogens with one attached hydrogen (secondary N) is 1. The number of aliphatic carboxylic acids is 1. The van der Waals surface area contributed by atoms with Crippen molar-refractivity contribution in [3.63, 3.8) is 0 Å². The number of ether oxygens (including phenoxy) is 2. The highest BCUT2D eigenvalue weighted by Crippen LogP contribution is 2.36. The topological polar surface area (TPSA) is 105 Å². The van der Waals surface area contributed by atoms with Gasteiger partial charge >= 0.3 is 5.97 Å². The summed E-state index contributed by atoms with van der Waals surface area (Å²) in [6, 6.07) is 4.87. The Balaban J connectivity index is 2.18. The molecule has 0 bridgehead atoms. The Kier molecular flexibility index (Phi) is 5.17. The highest BCUT2D eigenvalue weighted by molar-refractivity contribution is 6.01. The maximum Gasteiger partial charge on any atom is 0.303 e. The summed E-state index contributed by atoms with van der Waals surface area (Å²) in [5.41, 5.74) is 0.942. The van der Waals surface area contributed by atoms with E-state index in [1.807, 2.05) is 0 Å². The van der Waals surface area contributed by atoms with Crippen LogP contribution in [0.5, 0.6) is 5.75 Å². The van der Waals surface area contributed by atoms with E-state index in [9.17, 15) is 14.4 Å². The van der Waals surface area contributed by atoms with Gasteiger partial charge in [-0.3, -0.25) is 19.3 Å². The average Bonchev–Trinajstić information content (AvgIpc) is 2.50. The molecule has 0 saturated carbocycles. The predicted octanol–water partition coefficient (Wildman–Crippen LogP) is 1.21. The van der Waals surface area contributed by atoms with E-state index in [-0.39, 0.29) is 25.5 Å². The lowest BCUT2D eigenvalue weighted by molar-refractivity contribution is -0.138. The van der Waals surface area contributed by atoms with Crippen LogP contribution >= 0.6 is 0 Å². The minimum absolute atomic E-state index is 0.0654. The van der Waals surface area contributed by atoms with Crippen molar-refractivity contribution in [1.82, 2.24) is 0 Å². The predicted molar refractivity (Wildman–Crippen MR) is 81.4 cm³/mol. The Hall–Kier alpha value is -2.61. The fraction of sp³-hybridized carbons (Fsp3) is 0.400. The molecule has 0 saturated heterocycles. The standard InChI is InChI=1S/C15H18N2O6/c1-9-15(21)17(8-22-2)11-7-10(3-4-12(11)23-9)16-13(18)5-6-14(19)20/h3-4,7,9H,5-6,8H2,1-2H3,(H,16,18)(H,19,20).